The van der Waals surface area contributed by atoms with Crippen molar-refractivity contribution in [2.75, 3.05) is 21.3 Å². The molecule has 0 aliphatic rings. The van der Waals surface area contributed by atoms with Crippen molar-refractivity contribution in [3.05, 3.63) is 239 Å². The van der Waals surface area contributed by atoms with Gasteiger partial charge in [-0.15, -0.1) is 40.8 Å². The van der Waals surface area contributed by atoms with Crippen LogP contribution in [0, 0.1) is 27.7 Å². The van der Waals surface area contributed by atoms with Gasteiger partial charge in [-0.1, -0.05) is 119 Å². The smallest absolute Gasteiger partial charge is 0.255 e. The molecule has 0 unspecified atom stereocenters. The van der Waals surface area contributed by atoms with Crippen LogP contribution in [0.15, 0.2) is 194 Å². The molecule has 12 aromatic rings. The highest BCUT2D eigenvalue weighted by molar-refractivity contribution is 6.06. The van der Waals surface area contributed by atoms with Crippen LogP contribution in [0.4, 0.5) is 22.7 Å². The minimum Gasteiger partial charge on any atom is -0.322 e. The lowest BCUT2D eigenvalue weighted by molar-refractivity contribution is 0.101. The second kappa shape index (κ2) is 27.7. The first-order valence-corrected chi connectivity index (χ1v) is 25.8. The number of carbonyl (C=O) groups excluding carboxylic acids is 4. The van der Waals surface area contributed by atoms with Crippen molar-refractivity contribution < 1.29 is 19.2 Å². The summed E-state index contributed by atoms with van der Waals surface area (Å²) in [6.45, 7) is 8.01. The lowest BCUT2D eigenvalue weighted by Gasteiger charge is -2.06. The Morgan fingerprint density at radius 1 is 0.262 bits per heavy atom. The lowest BCUT2D eigenvalue weighted by atomic mass is 10.1. The van der Waals surface area contributed by atoms with Crippen molar-refractivity contribution in [2.24, 2.45) is 0 Å². The SMILES string of the molecule is Cc1ccc(NC(=O)c2ccc(-c3nn[nH]n3)cc2)cc1.Cc1ccc(NC(=O)c2ccc(-c3nn[nH]n3)cc2)cc1.Cc1ccc(NC(=O)c2ccc(-c3nn[nH]n3)cc2)cc1.Cc1ccc(NC(=O)c2ccc(-c3nn[nH]n3)cc2)cc1. The normalized spacial score (nSPS) is 10.3. The fraction of sp³-hybridized carbons (Fsp3) is 0.0667. The third-order valence-electron chi connectivity index (χ3n) is 12.2. The van der Waals surface area contributed by atoms with Gasteiger partial charge in [0.25, 0.3) is 23.6 Å². The zero-order valence-corrected chi connectivity index (χ0v) is 45.5. The molecule has 8 N–H and O–H groups in total. The van der Waals surface area contributed by atoms with Crippen LogP contribution in [0.1, 0.15) is 63.7 Å². The van der Waals surface area contributed by atoms with Crippen molar-refractivity contribution in [1.29, 1.82) is 0 Å². The fourth-order valence-corrected chi connectivity index (χ4v) is 7.58. The average molecular weight is 1120 g/mol. The van der Waals surface area contributed by atoms with E-state index in [0.29, 0.717) is 45.6 Å². The summed E-state index contributed by atoms with van der Waals surface area (Å²) < 4.78 is 0. The molecule has 0 fully saturated rings. The summed E-state index contributed by atoms with van der Waals surface area (Å²) in [5.41, 5.74) is 13.2. The number of anilines is 4. The summed E-state index contributed by atoms with van der Waals surface area (Å²) in [5.74, 6) is 1.39. The first-order valence-electron chi connectivity index (χ1n) is 25.8. The molecule has 8 aromatic carbocycles. The summed E-state index contributed by atoms with van der Waals surface area (Å²) >= 11 is 0. The molecule has 0 bridgehead atoms. The number of amides is 4. The van der Waals surface area contributed by atoms with Crippen molar-refractivity contribution in [1.82, 2.24) is 82.5 Å². The number of hydrogen-bond donors (Lipinski definition) is 8. The number of hydrogen-bond acceptors (Lipinski definition) is 16. The van der Waals surface area contributed by atoms with Gasteiger partial charge in [-0.2, -0.15) is 20.9 Å². The van der Waals surface area contributed by atoms with E-state index in [0.717, 1.165) is 67.3 Å². The quantitative estimate of drug-likeness (QED) is 0.0564. The molecule has 24 heteroatoms. The van der Waals surface area contributed by atoms with E-state index in [1.807, 2.05) is 125 Å². The second-order valence-corrected chi connectivity index (χ2v) is 18.5. The lowest BCUT2D eigenvalue weighted by Crippen LogP contribution is -2.11. The largest absolute Gasteiger partial charge is 0.322 e. The molecule has 4 heterocycles. The minimum atomic E-state index is -0.154. The van der Waals surface area contributed by atoms with Crippen molar-refractivity contribution in [3.63, 3.8) is 0 Å². The summed E-state index contributed by atoms with van der Waals surface area (Å²) in [5, 5.41) is 66.1. The molecule has 0 saturated carbocycles. The van der Waals surface area contributed by atoms with E-state index in [-0.39, 0.29) is 23.6 Å². The van der Waals surface area contributed by atoms with Crippen LogP contribution in [0.3, 0.4) is 0 Å². The molecule has 0 radical (unpaired) electrons. The van der Waals surface area contributed by atoms with Crippen LogP contribution in [0.25, 0.3) is 45.6 Å². The molecule has 0 aliphatic heterocycles. The van der Waals surface area contributed by atoms with Gasteiger partial charge in [0, 0.05) is 67.3 Å². The molecule has 416 valence electrons. The third-order valence-corrected chi connectivity index (χ3v) is 12.2. The molecule has 4 aromatic heterocycles. The van der Waals surface area contributed by atoms with Crippen LogP contribution in [-0.4, -0.2) is 106 Å². The Balaban J connectivity index is 0.000000134. The molecule has 0 saturated heterocycles. The minimum absolute atomic E-state index is 0.154. The molecule has 0 atom stereocenters. The molecular weight excluding hydrogens is 1060 g/mol. The van der Waals surface area contributed by atoms with Gasteiger partial charge in [-0.05, 0) is 146 Å². The van der Waals surface area contributed by atoms with Crippen LogP contribution >= 0.6 is 0 Å². The number of aromatic nitrogens is 16. The molecule has 0 aliphatic carbocycles. The van der Waals surface area contributed by atoms with Crippen LogP contribution in [-0.2, 0) is 0 Å². The van der Waals surface area contributed by atoms with Crippen LogP contribution in [0.2, 0.25) is 0 Å². The Morgan fingerprint density at radius 2 is 0.440 bits per heavy atom. The highest BCUT2D eigenvalue weighted by Crippen LogP contribution is 2.21. The zero-order chi connectivity index (χ0) is 58.6. The number of aromatic amines is 4. The molecule has 4 amide bonds. The predicted octanol–water partition coefficient (Wildman–Crippen LogP) is 9.71. The topological polar surface area (TPSA) is 334 Å². The second-order valence-electron chi connectivity index (χ2n) is 18.5. The zero-order valence-electron chi connectivity index (χ0n) is 45.5. The van der Waals surface area contributed by atoms with E-state index in [2.05, 4.69) is 104 Å². The fourth-order valence-electron chi connectivity index (χ4n) is 7.58. The van der Waals surface area contributed by atoms with Gasteiger partial charge in [-0.3, -0.25) is 19.2 Å². The third kappa shape index (κ3) is 16.0. The van der Waals surface area contributed by atoms with Gasteiger partial charge >= 0.3 is 0 Å². The van der Waals surface area contributed by atoms with E-state index in [4.69, 9.17) is 0 Å². The van der Waals surface area contributed by atoms with Crippen LogP contribution in [0.5, 0.6) is 0 Å². The number of H-pyrrole nitrogens is 4. The number of rotatable bonds is 12. The maximum Gasteiger partial charge on any atom is 0.255 e. The molecule has 24 nitrogen and oxygen atoms in total. The van der Waals surface area contributed by atoms with Crippen molar-refractivity contribution in [3.8, 4) is 45.6 Å². The first-order chi connectivity index (χ1) is 40.9. The van der Waals surface area contributed by atoms with Gasteiger partial charge < -0.3 is 21.3 Å². The number of tetrazole rings is 4. The Bertz CT molecular complexity index is 3460. The summed E-state index contributed by atoms with van der Waals surface area (Å²) in [6, 6.07) is 58.8. The number of nitrogens with zero attached hydrogens (tertiary/aromatic N) is 12. The van der Waals surface area contributed by atoms with E-state index in [1.165, 1.54) is 0 Å². The van der Waals surface area contributed by atoms with Crippen molar-refractivity contribution >= 4 is 46.4 Å². The van der Waals surface area contributed by atoms with Gasteiger partial charge in [0.1, 0.15) is 0 Å². The number of benzene rings is 8. The monoisotopic (exact) mass is 1120 g/mol. The maximum atomic E-state index is 12.1. The Morgan fingerprint density at radius 3 is 0.595 bits per heavy atom. The molecular formula is C60H52N20O4. The van der Waals surface area contributed by atoms with Gasteiger partial charge in [0.15, 0.2) is 0 Å². The van der Waals surface area contributed by atoms with E-state index >= 15 is 0 Å². The number of nitrogens with one attached hydrogen (secondary N) is 8. The predicted molar refractivity (Wildman–Crippen MR) is 315 cm³/mol. The molecule has 84 heavy (non-hydrogen) atoms. The Hall–Kier alpha value is -12.1. The Kier molecular flexibility index (Phi) is 18.7. The average Bonchev–Trinajstić information content (AvgIpc) is 4.54. The van der Waals surface area contributed by atoms with E-state index in [1.54, 1.807) is 97.1 Å². The number of aryl methyl sites for hydroxylation is 4. The van der Waals surface area contributed by atoms with E-state index in [9.17, 15) is 19.2 Å². The Labute approximate surface area is 479 Å². The van der Waals surface area contributed by atoms with Crippen molar-refractivity contribution in [2.45, 2.75) is 27.7 Å². The highest BCUT2D eigenvalue weighted by Gasteiger charge is 2.13. The summed E-state index contributed by atoms with van der Waals surface area (Å²) in [6.07, 6.45) is 0. The maximum absolute atomic E-state index is 12.1. The summed E-state index contributed by atoms with van der Waals surface area (Å²) in [4.78, 5) is 48.5. The molecule has 12 rings (SSSR count). The van der Waals surface area contributed by atoms with Gasteiger partial charge in [0.05, 0.1) is 0 Å². The summed E-state index contributed by atoms with van der Waals surface area (Å²) in [7, 11) is 0. The number of carbonyl (C=O) groups is 4. The van der Waals surface area contributed by atoms with Gasteiger partial charge in [-0.25, -0.2) is 0 Å². The first kappa shape index (κ1) is 56.6. The molecule has 0 spiro atoms. The highest BCUT2D eigenvalue weighted by atomic mass is 16.2. The standard InChI is InChI=1S/4C15H13N5O/c4*1-10-2-8-13(9-3-10)16-15(21)12-6-4-11(5-7-12)14-17-19-20-18-14/h4*2-9H,1H3,(H,16,21)(H,17,18,19,20). The van der Waals surface area contributed by atoms with Crippen LogP contribution < -0.4 is 21.3 Å². The van der Waals surface area contributed by atoms with E-state index < -0.39 is 0 Å². The van der Waals surface area contributed by atoms with Gasteiger partial charge in [0.2, 0.25) is 23.3 Å².